The Morgan fingerprint density at radius 1 is 1.09 bits per heavy atom. The van der Waals surface area contributed by atoms with Gasteiger partial charge in [0.15, 0.2) is 40.7 Å². The zero-order chi connectivity index (χ0) is 24.5. The molecule has 0 aromatic heterocycles. The van der Waals surface area contributed by atoms with Crippen LogP contribution in [0.25, 0.3) is 6.08 Å². The van der Waals surface area contributed by atoms with Crippen LogP contribution in [0.2, 0.25) is 0 Å². The summed E-state index contributed by atoms with van der Waals surface area (Å²) in [5, 5.41) is 19.8. The molecule has 0 heterocycles. The van der Waals surface area contributed by atoms with Crippen molar-refractivity contribution >= 4 is 29.2 Å². The molecule has 1 saturated carbocycles. The summed E-state index contributed by atoms with van der Waals surface area (Å²) in [7, 11) is 1.42. The number of hydrogen-bond donors (Lipinski definition) is 2. The Bertz CT molecular complexity index is 932. The lowest BCUT2D eigenvalue weighted by molar-refractivity contribution is -0.153. The monoisotopic (exact) mass is 458 g/mol. The van der Waals surface area contributed by atoms with Gasteiger partial charge in [-0.3, -0.25) is 19.2 Å². The predicted molar refractivity (Wildman–Crippen MR) is 121 cm³/mol. The molecular formula is C25H30O8. The van der Waals surface area contributed by atoms with Gasteiger partial charge in [-0.05, 0) is 68.9 Å². The van der Waals surface area contributed by atoms with Gasteiger partial charge in [0.25, 0.3) is 0 Å². The number of aliphatic hydroxyl groups is 1. The maximum absolute atomic E-state index is 12.2. The Labute approximate surface area is 192 Å². The normalized spacial score (nSPS) is 20.9. The number of aromatic hydroxyl groups is 1. The summed E-state index contributed by atoms with van der Waals surface area (Å²) in [6.45, 7) is 2.53. The number of benzene rings is 1. The Hall–Kier alpha value is -3.10. The third-order valence-corrected chi connectivity index (χ3v) is 5.41. The van der Waals surface area contributed by atoms with Gasteiger partial charge in [-0.25, -0.2) is 0 Å². The SMILES string of the molecule is COc1cc(/C=C/C(=O)CC(=O)/C=C/C2CCC(O)C(OC(C(C)=O)C(C)=O)C2)ccc1O. The summed E-state index contributed by atoms with van der Waals surface area (Å²) in [6.07, 6.45) is 4.27. The van der Waals surface area contributed by atoms with E-state index in [0.717, 1.165) is 0 Å². The van der Waals surface area contributed by atoms with Crippen LogP contribution in [0.5, 0.6) is 11.5 Å². The molecule has 0 radical (unpaired) electrons. The zero-order valence-corrected chi connectivity index (χ0v) is 19.0. The zero-order valence-electron chi connectivity index (χ0n) is 19.0. The van der Waals surface area contributed by atoms with Gasteiger partial charge >= 0.3 is 0 Å². The first-order valence-electron chi connectivity index (χ1n) is 10.7. The van der Waals surface area contributed by atoms with Gasteiger partial charge in [0.05, 0.1) is 25.7 Å². The number of ketones is 4. The number of carbonyl (C=O) groups is 4. The predicted octanol–water partition coefficient (Wildman–Crippen LogP) is 2.59. The maximum Gasteiger partial charge on any atom is 0.173 e. The van der Waals surface area contributed by atoms with Crippen molar-refractivity contribution in [2.45, 2.75) is 57.8 Å². The fourth-order valence-corrected chi connectivity index (χ4v) is 3.64. The molecule has 0 saturated heterocycles. The Morgan fingerprint density at radius 2 is 1.76 bits per heavy atom. The molecule has 2 N–H and O–H groups in total. The molecule has 1 aromatic carbocycles. The fourth-order valence-electron chi connectivity index (χ4n) is 3.64. The highest BCUT2D eigenvalue weighted by Crippen LogP contribution is 2.29. The van der Waals surface area contributed by atoms with Gasteiger partial charge in [-0.1, -0.05) is 18.2 Å². The number of allylic oxidation sites excluding steroid dienone is 3. The molecular weight excluding hydrogens is 428 g/mol. The molecule has 1 fully saturated rings. The van der Waals surface area contributed by atoms with Gasteiger partial charge in [-0.2, -0.15) is 0 Å². The molecule has 0 aliphatic heterocycles. The highest BCUT2D eigenvalue weighted by molar-refractivity contribution is 6.09. The molecule has 3 unspecified atom stereocenters. The topological polar surface area (TPSA) is 127 Å². The van der Waals surface area contributed by atoms with E-state index in [-0.39, 0.29) is 35.4 Å². The van der Waals surface area contributed by atoms with E-state index in [9.17, 15) is 29.4 Å². The van der Waals surface area contributed by atoms with Crippen molar-refractivity contribution in [1.82, 2.24) is 0 Å². The Kier molecular flexibility index (Phi) is 9.69. The first-order valence-corrected chi connectivity index (χ1v) is 10.7. The van der Waals surface area contributed by atoms with Crippen molar-refractivity contribution in [2.24, 2.45) is 5.92 Å². The molecule has 3 atom stereocenters. The summed E-state index contributed by atoms with van der Waals surface area (Å²) in [6, 6.07) is 4.63. The van der Waals surface area contributed by atoms with Crippen LogP contribution in [0, 0.1) is 5.92 Å². The van der Waals surface area contributed by atoms with E-state index in [4.69, 9.17) is 9.47 Å². The number of hydrogen-bond acceptors (Lipinski definition) is 8. The van der Waals surface area contributed by atoms with E-state index >= 15 is 0 Å². The standard InChI is InChI=1S/C25H30O8/c1-15(26)25(16(2)27)33-24-13-18(7-11-22(24)31)5-9-20(29)14-19(28)8-4-17-6-10-21(30)23(12-17)32-3/h4-6,8-10,12,18,22,24-25,30-31H,7,11,13-14H2,1-3H3/b8-4+,9-5+. The van der Waals surface area contributed by atoms with Crippen molar-refractivity contribution in [3.63, 3.8) is 0 Å². The lowest BCUT2D eigenvalue weighted by Gasteiger charge is -2.33. The van der Waals surface area contributed by atoms with E-state index < -0.39 is 29.9 Å². The molecule has 1 aromatic rings. The van der Waals surface area contributed by atoms with E-state index in [0.29, 0.717) is 24.8 Å². The molecule has 8 heteroatoms. The molecule has 0 bridgehead atoms. The molecule has 1 aliphatic carbocycles. The first-order chi connectivity index (χ1) is 15.6. The summed E-state index contributed by atoms with van der Waals surface area (Å²) in [5.74, 6) is -1.38. The second kappa shape index (κ2) is 12.2. The number of phenols is 1. The van der Waals surface area contributed by atoms with Crippen LogP contribution in [0.3, 0.4) is 0 Å². The maximum atomic E-state index is 12.2. The van der Waals surface area contributed by atoms with Crippen molar-refractivity contribution in [3.8, 4) is 11.5 Å². The summed E-state index contributed by atoms with van der Waals surface area (Å²) in [5.41, 5.74) is 0.641. The minimum Gasteiger partial charge on any atom is -0.504 e. The second-order valence-electron chi connectivity index (χ2n) is 8.15. The van der Waals surface area contributed by atoms with Crippen molar-refractivity contribution in [1.29, 1.82) is 0 Å². The number of aliphatic hydroxyl groups excluding tert-OH is 1. The molecule has 0 spiro atoms. The van der Waals surface area contributed by atoms with Crippen LogP contribution in [-0.4, -0.2) is 58.8 Å². The van der Waals surface area contributed by atoms with Gasteiger partial charge < -0.3 is 19.7 Å². The van der Waals surface area contributed by atoms with E-state index in [2.05, 4.69) is 0 Å². The summed E-state index contributed by atoms with van der Waals surface area (Å²) in [4.78, 5) is 47.5. The highest BCUT2D eigenvalue weighted by Gasteiger charge is 2.33. The Morgan fingerprint density at radius 3 is 2.39 bits per heavy atom. The van der Waals surface area contributed by atoms with E-state index in [1.54, 1.807) is 18.2 Å². The van der Waals surface area contributed by atoms with Crippen molar-refractivity contribution in [2.75, 3.05) is 7.11 Å². The van der Waals surface area contributed by atoms with Crippen LogP contribution in [0.15, 0.2) is 36.4 Å². The second-order valence-corrected chi connectivity index (χ2v) is 8.15. The van der Waals surface area contributed by atoms with Crippen LogP contribution >= 0.6 is 0 Å². The largest absolute Gasteiger partial charge is 0.504 e. The fraction of sp³-hybridized carbons (Fsp3) is 0.440. The van der Waals surface area contributed by atoms with Crippen LogP contribution in [-0.2, 0) is 23.9 Å². The average Bonchev–Trinajstić information content (AvgIpc) is 2.76. The lowest BCUT2D eigenvalue weighted by atomic mass is 9.84. The van der Waals surface area contributed by atoms with Gasteiger partial charge in [-0.15, -0.1) is 0 Å². The van der Waals surface area contributed by atoms with Gasteiger partial charge in [0.2, 0.25) is 0 Å². The minimum atomic E-state index is -1.20. The first kappa shape index (κ1) is 26.2. The van der Waals surface area contributed by atoms with E-state index in [1.165, 1.54) is 45.3 Å². The molecule has 2 rings (SSSR count). The average molecular weight is 459 g/mol. The van der Waals surface area contributed by atoms with Crippen LogP contribution in [0.1, 0.15) is 45.1 Å². The molecule has 1 aliphatic rings. The number of Topliss-reactive ketones (excluding diaryl/α,β-unsaturated/α-hetero) is 2. The highest BCUT2D eigenvalue weighted by atomic mass is 16.5. The molecule has 0 amide bonds. The van der Waals surface area contributed by atoms with E-state index in [1.807, 2.05) is 0 Å². The molecule has 178 valence electrons. The van der Waals surface area contributed by atoms with Gasteiger partial charge in [0, 0.05) is 0 Å². The third-order valence-electron chi connectivity index (χ3n) is 5.41. The Balaban J connectivity index is 1.90. The number of ether oxygens (including phenoxy) is 2. The lowest BCUT2D eigenvalue weighted by Crippen LogP contribution is -2.42. The number of rotatable bonds is 11. The smallest absolute Gasteiger partial charge is 0.173 e. The number of phenolic OH excluding ortho intramolecular Hbond substituents is 1. The third kappa shape index (κ3) is 8.07. The molecule has 33 heavy (non-hydrogen) atoms. The van der Waals surface area contributed by atoms with Gasteiger partial charge in [0.1, 0.15) is 0 Å². The quantitative estimate of drug-likeness (QED) is 0.383. The van der Waals surface area contributed by atoms with Crippen LogP contribution < -0.4 is 4.74 Å². The van der Waals surface area contributed by atoms with Crippen molar-refractivity contribution in [3.05, 3.63) is 42.0 Å². The number of carbonyl (C=O) groups excluding carboxylic acids is 4. The van der Waals surface area contributed by atoms with Crippen molar-refractivity contribution < 1.29 is 38.9 Å². The van der Waals surface area contributed by atoms with Crippen LogP contribution in [0.4, 0.5) is 0 Å². The molecule has 8 nitrogen and oxygen atoms in total. The summed E-state index contributed by atoms with van der Waals surface area (Å²) >= 11 is 0. The number of methoxy groups -OCH3 is 1. The minimum absolute atomic E-state index is 0.0118. The summed E-state index contributed by atoms with van der Waals surface area (Å²) < 4.78 is 10.6.